The van der Waals surface area contributed by atoms with Gasteiger partial charge in [-0.3, -0.25) is 0 Å². The SMILES string of the molecule is CCCc1nc(C)c(C2(C#N)CC2)s1. The van der Waals surface area contributed by atoms with Crippen LogP contribution in [0.25, 0.3) is 0 Å². The standard InChI is InChI=1S/C11H14N2S/c1-3-4-9-13-8(2)10(14-9)11(7-12)5-6-11/h3-6H2,1-2H3. The van der Waals surface area contributed by atoms with Gasteiger partial charge < -0.3 is 0 Å². The Labute approximate surface area is 88.6 Å². The van der Waals surface area contributed by atoms with E-state index < -0.39 is 0 Å². The van der Waals surface area contributed by atoms with Crippen molar-refractivity contribution in [3.63, 3.8) is 0 Å². The predicted octanol–water partition coefficient (Wildman–Crippen LogP) is 2.96. The number of hydrogen-bond donors (Lipinski definition) is 0. The molecule has 3 heteroatoms. The van der Waals surface area contributed by atoms with E-state index in [0.29, 0.717) is 0 Å². The van der Waals surface area contributed by atoms with E-state index in [1.54, 1.807) is 11.3 Å². The van der Waals surface area contributed by atoms with Crippen LogP contribution >= 0.6 is 11.3 Å². The molecule has 0 aromatic carbocycles. The first kappa shape index (κ1) is 9.67. The van der Waals surface area contributed by atoms with Crippen LogP contribution in [0.1, 0.15) is 41.8 Å². The van der Waals surface area contributed by atoms with Crippen LogP contribution in [0.15, 0.2) is 0 Å². The summed E-state index contributed by atoms with van der Waals surface area (Å²) in [7, 11) is 0. The lowest BCUT2D eigenvalue weighted by atomic mass is 10.1. The summed E-state index contributed by atoms with van der Waals surface area (Å²) in [5.41, 5.74) is 0.936. The molecule has 1 aliphatic carbocycles. The van der Waals surface area contributed by atoms with Crippen molar-refractivity contribution in [1.82, 2.24) is 4.98 Å². The largest absolute Gasteiger partial charge is 0.246 e. The number of rotatable bonds is 3. The van der Waals surface area contributed by atoms with Crippen molar-refractivity contribution in [2.45, 2.75) is 44.9 Å². The Bertz CT molecular complexity index is 382. The normalized spacial score (nSPS) is 17.8. The van der Waals surface area contributed by atoms with Gasteiger partial charge in [-0.2, -0.15) is 5.26 Å². The summed E-state index contributed by atoms with van der Waals surface area (Å²) >= 11 is 1.74. The summed E-state index contributed by atoms with van der Waals surface area (Å²) in [5.74, 6) is 0. The number of thiazole rings is 1. The molecule has 0 amide bonds. The molecule has 0 spiro atoms. The number of nitriles is 1. The summed E-state index contributed by atoms with van der Waals surface area (Å²) in [4.78, 5) is 5.75. The Kier molecular flexibility index (Phi) is 2.32. The number of aromatic nitrogens is 1. The maximum Gasteiger partial charge on any atom is 0.0934 e. The van der Waals surface area contributed by atoms with Crippen LogP contribution in [0.3, 0.4) is 0 Å². The quantitative estimate of drug-likeness (QED) is 0.762. The Morgan fingerprint density at radius 1 is 1.57 bits per heavy atom. The topological polar surface area (TPSA) is 36.7 Å². The first-order valence-corrected chi connectivity index (χ1v) is 5.91. The molecular weight excluding hydrogens is 192 g/mol. The lowest BCUT2D eigenvalue weighted by Crippen LogP contribution is -2.01. The molecule has 1 saturated carbocycles. The summed E-state index contributed by atoms with van der Waals surface area (Å²) in [5, 5.41) is 10.3. The Morgan fingerprint density at radius 2 is 2.29 bits per heavy atom. The monoisotopic (exact) mass is 206 g/mol. The molecule has 0 radical (unpaired) electrons. The van der Waals surface area contributed by atoms with Gasteiger partial charge in [-0.25, -0.2) is 4.98 Å². The van der Waals surface area contributed by atoms with Crippen molar-refractivity contribution < 1.29 is 0 Å². The molecule has 0 N–H and O–H groups in total. The van der Waals surface area contributed by atoms with Gasteiger partial charge in [0.1, 0.15) is 0 Å². The van der Waals surface area contributed by atoms with Gasteiger partial charge in [-0.1, -0.05) is 6.92 Å². The van der Waals surface area contributed by atoms with Crippen molar-refractivity contribution in [2.24, 2.45) is 0 Å². The number of hydrogen-bond acceptors (Lipinski definition) is 3. The molecule has 1 aromatic heterocycles. The van der Waals surface area contributed by atoms with Crippen LogP contribution in [0.2, 0.25) is 0 Å². The molecule has 1 aliphatic rings. The van der Waals surface area contributed by atoms with E-state index in [9.17, 15) is 0 Å². The molecule has 1 heterocycles. The van der Waals surface area contributed by atoms with Crippen LogP contribution < -0.4 is 0 Å². The third-order valence-electron chi connectivity index (χ3n) is 2.70. The second-order valence-electron chi connectivity index (χ2n) is 3.97. The van der Waals surface area contributed by atoms with Gasteiger partial charge in [0.15, 0.2) is 0 Å². The fraction of sp³-hybridized carbons (Fsp3) is 0.636. The van der Waals surface area contributed by atoms with Crippen molar-refractivity contribution in [3.8, 4) is 6.07 Å². The molecule has 0 aliphatic heterocycles. The molecule has 0 bridgehead atoms. The van der Waals surface area contributed by atoms with Gasteiger partial charge in [0.05, 0.1) is 22.2 Å². The van der Waals surface area contributed by atoms with E-state index in [0.717, 1.165) is 31.4 Å². The second kappa shape index (κ2) is 3.36. The highest BCUT2D eigenvalue weighted by Gasteiger charge is 2.47. The third kappa shape index (κ3) is 1.44. The predicted molar refractivity (Wildman–Crippen MR) is 57.4 cm³/mol. The highest BCUT2D eigenvalue weighted by molar-refractivity contribution is 7.12. The smallest absolute Gasteiger partial charge is 0.0934 e. The molecule has 0 atom stereocenters. The number of aryl methyl sites for hydroxylation is 2. The zero-order valence-corrected chi connectivity index (χ0v) is 9.45. The summed E-state index contributed by atoms with van der Waals surface area (Å²) in [6, 6.07) is 2.44. The van der Waals surface area contributed by atoms with Crippen molar-refractivity contribution in [2.75, 3.05) is 0 Å². The molecule has 0 unspecified atom stereocenters. The minimum absolute atomic E-state index is 0.145. The second-order valence-corrected chi connectivity index (χ2v) is 5.05. The third-order valence-corrected chi connectivity index (χ3v) is 4.12. The zero-order valence-electron chi connectivity index (χ0n) is 8.63. The van der Waals surface area contributed by atoms with Crippen LogP contribution in [-0.4, -0.2) is 4.98 Å². The first-order valence-electron chi connectivity index (χ1n) is 5.10. The molecule has 14 heavy (non-hydrogen) atoms. The van der Waals surface area contributed by atoms with E-state index in [-0.39, 0.29) is 5.41 Å². The summed E-state index contributed by atoms with van der Waals surface area (Å²) in [6.45, 7) is 4.19. The van der Waals surface area contributed by atoms with E-state index in [2.05, 4.69) is 18.0 Å². The minimum Gasteiger partial charge on any atom is -0.246 e. The summed E-state index contributed by atoms with van der Waals surface area (Å²) in [6.07, 6.45) is 4.23. The van der Waals surface area contributed by atoms with Crippen LogP contribution in [0.5, 0.6) is 0 Å². The molecule has 1 aromatic rings. The molecule has 0 saturated heterocycles. The van der Waals surface area contributed by atoms with E-state index in [4.69, 9.17) is 5.26 Å². The van der Waals surface area contributed by atoms with Gasteiger partial charge >= 0.3 is 0 Å². The number of nitrogens with zero attached hydrogens (tertiary/aromatic N) is 2. The van der Waals surface area contributed by atoms with Crippen LogP contribution in [-0.2, 0) is 11.8 Å². The lowest BCUT2D eigenvalue weighted by Gasteiger charge is -2.00. The van der Waals surface area contributed by atoms with Gasteiger partial charge in [-0.15, -0.1) is 11.3 Å². The molecule has 74 valence electrons. The van der Waals surface area contributed by atoms with Crippen LogP contribution in [0, 0.1) is 18.3 Å². The zero-order chi connectivity index (χ0) is 10.2. The van der Waals surface area contributed by atoms with Gasteiger partial charge in [0.2, 0.25) is 0 Å². The van der Waals surface area contributed by atoms with E-state index in [1.807, 2.05) is 6.92 Å². The minimum atomic E-state index is -0.145. The van der Waals surface area contributed by atoms with Crippen molar-refractivity contribution in [1.29, 1.82) is 5.26 Å². The van der Waals surface area contributed by atoms with Gasteiger partial charge in [-0.05, 0) is 32.6 Å². The fourth-order valence-corrected chi connectivity index (χ4v) is 3.09. The maximum atomic E-state index is 9.10. The van der Waals surface area contributed by atoms with E-state index >= 15 is 0 Å². The highest BCUT2D eigenvalue weighted by Crippen LogP contribution is 2.50. The average molecular weight is 206 g/mol. The van der Waals surface area contributed by atoms with Crippen LogP contribution in [0.4, 0.5) is 0 Å². The molecule has 2 rings (SSSR count). The molecule has 1 fully saturated rings. The average Bonchev–Trinajstić information content (AvgIpc) is 2.88. The van der Waals surface area contributed by atoms with Crippen molar-refractivity contribution in [3.05, 3.63) is 15.6 Å². The summed E-state index contributed by atoms with van der Waals surface area (Å²) < 4.78 is 0. The van der Waals surface area contributed by atoms with E-state index in [1.165, 1.54) is 9.88 Å². The fourth-order valence-electron chi connectivity index (χ4n) is 1.73. The maximum absolute atomic E-state index is 9.10. The Morgan fingerprint density at radius 3 is 2.79 bits per heavy atom. The van der Waals surface area contributed by atoms with Gasteiger partial charge in [0, 0.05) is 4.88 Å². The van der Waals surface area contributed by atoms with Crippen molar-refractivity contribution >= 4 is 11.3 Å². The molecular formula is C11H14N2S. The van der Waals surface area contributed by atoms with Gasteiger partial charge in [0.25, 0.3) is 0 Å². The lowest BCUT2D eigenvalue weighted by molar-refractivity contribution is 0.890. The Balaban J connectivity index is 2.31. The highest BCUT2D eigenvalue weighted by atomic mass is 32.1. The first-order chi connectivity index (χ1) is 6.72. The molecule has 2 nitrogen and oxygen atoms in total. The Hall–Kier alpha value is -0.880.